The summed E-state index contributed by atoms with van der Waals surface area (Å²) in [5, 5.41) is 12.0. The number of quaternary nitrogens is 1. The lowest BCUT2D eigenvalue weighted by Crippen LogP contribution is -3.00. The van der Waals surface area contributed by atoms with Gasteiger partial charge in [-0.3, -0.25) is 10.5 Å². The van der Waals surface area contributed by atoms with Crippen LogP contribution in [0.15, 0.2) is 0 Å². The van der Waals surface area contributed by atoms with Crippen molar-refractivity contribution in [2.24, 2.45) is 0 Å². The van der Waals surface area contributed by atoms with Gasteiger partial charge in [0.25, 0.3) is 0 Å². The molecule has 0 rings (SSSR count). The Bertz CT molecular complexity index is 6.00. The van der Waals surface area contributed by atoms with E-state index in [1.54, 1.807) is 0 Å². The maximum atomic E-state index is 6.00. The quantitative estimate of drug-likeness (QED) is 0.224. The van der Waals surface area contributed by atoms with Crippen molar-refractivity contribution in [3.05, 3.63) is 0 Å². The average molecular weight is 87.5 g/mol. The number of rotatable bonds is 0. The van der Waals surface area contributed by atoms with Crippen molar-refractivity contribution in [3.63, 3.8) is 0 Å². The van der Waals surface area contributed by atoms with Crippen LogP contribution in [-0.2, 0) is 0 Å². The van der Waals surface area contributed by atoms with E-state index in [9.17, 15) is 0 Å². The molecule has 4 heteroatoms. The third-order valence-electron chi connectivity index (χ3n) is 0. The SMILES string of the molecule is OO.[Cl-].[NH4+]. The molecule has 0 heterocycles. The largest absolute Gasteiger partial charge is 1.00 e. The number of hydrogen-bond donors (Lipinski definition) is 3. The lowest BCUT2D eigenvalue weighted by Gasteiger charge is -1.25. The second-order valence-electron chi connectivity index (χ2n) is 0. The Morgan fingerprint density at radius 1 is 1.00 bits per heavy atom. The van der Waals surface area contributed by atoms with Gasteiger partial charge in [0.1, 0.15) is 0 Å². The molecule has 0 spiro atoms. The predicted octanol–water partition coefficient (Wildman–Crippen LogP) is -2.60. The monoisotopic (exact) mass is 87.0 g/mol. The molecule has 0 bridgehead atoms. The van der Waals surface area contributed by atoms with Gasteiger partial charge in [-0.1, -0.05) is 0 Å². The maximum absolute atomic E-state index is 6.00. The van der Waals surface area contributed by atoms with Crippen molar-refractivity contribution in [2.75, 3.05) is 0 Å². The first-order valence-electron chi connectivity index (χ1n) is 0.200. The number of halogens is 1. The van der Waals surface area contributed by atoms with Crippen LogP contribution >= 0.6 is 0 Å². The highest BCUT2D eigenvalue weighted by atomic mass is 35.5. The average Bonchev–Trinajstić information content (AvgIpc) is 1.00. The van der Waals surface area contributed by atoms with E-state index in [0.717, 1.165) is 0 Å². The Labute approximate surface area is 30.2 Å². The van der Waals surface area contributed by atoms with Crippen molar-refractivity contribution in [3.8, 4) is 0 Å². The molecular formula is H6ClNO2. The molecule has 0 aliphatic rings. The standard InChI is InChI=1S/ClH.H3N.H2O2/c;;1-2/h1H;1H3;1-2H. The van der Waals surface area contributed by atoms with E-state index < -0.39 is 0 Å². The fourth-order valence-electron chi connectivity index (χ4n) is 0. The molecule has 0 aromatic carbocycles. The van der Waals surface area contributed by atoms with Gasteiger partial charge in [0.2, 0.25) is 0 Å². The van der Waals surface area contributed by atoms with Crippen molar-refractivity contribution >= 4 is 0 Å². The third kappa shape index (κ3) is 103. The highest BCUT2D eigenvalue weighted by Crippen LogP contribution is 0.711. The lowest BCUT2D eigenvalue weighted by molar-refractivity contribution is -0.176. The van der Waals surface area contributed by atoms with E-state index in [4.69, 9.17) is 10.5 Å². The molecule has 0 amide bonds. The first kappa shape index (κ1) is 30.6. The van der Waals surface area contributed by atoms with Gasteiger partial charge in [0.05, 0.1) is 0 Å². The molecule has 4 heavy (non-hydrogen) atoms. The van der Waals surface area contributed by atoms with Gasteiger partial charge in [-0.15, -0.1) is 0 Å². The van der Waals surface area contributed by atoms with Crippen LogP contribution in [0.25, 0.3) is 0 Å². The van der Waals surface area contributed by atoms with Gasteiger partial charge >= 0.3 is 0 Å². The summed E-state index contributed by atoms with van der Waals surface area (Å²) in [4.78, 5) is 0. The minimum atomic E-state index is 0. The van der Waals surface area contributed by atoms with E-state index in [1.165, 1.54) is 0 Å². The summed E-state index contributed by atoms with van der Waals surface area (Å²) >= 11 is 0. The van der Waals surface area contributed by atoms with Crippen LogP contribution in [0.2, 0.25) is 0 Å². The molecule has 0 radical (unpaired) electrons. The fourth-order valence-corrected chi connectivity index (χ4v) is 0. The second-order valence-corrected chi connectivity index (χ2v) is 0. The Hall–Kier alpha value is 0.170. The van der Waals surface area contributed by atoms with Gasteiger partial charge in [0.15, 0.2) is 0 Å². The van der Waals surface area contributed by atoms with Gasteiger partial charge < -0.3 is 18.6 Å². The highest BCUT2D eigenvalue weighted by Gasteiger charge is 0.745. The van der Waals surface area contributed by atoms with E-state index in [1.807, 2.05) is 0 Å². The van der Waals surface area contributed by atoms with Crippen LogP contribution < -0.4 is 18.6 Å². The van der Waals surface area contributed by atoms with Gasteiger partial charge in [-0.05, 0) is 0 Å². The summed E-state index contributed by atoms with van der Waals surface area (Å²) in [5.41, 5.74) is 0. The molecular weight excluding hydrogens is 81.5 g/mol. The van der Waals surface area contributed by atoms with Crippen molar-refractivity contribution in [1.82, 2.24) is 6.15 Å². The van der Waals surface area contributed by atoms with E-state index >= 15 is 0 Å². The summed E-state index contributed by atoms with van der Waals surface area (Å²) in [6.45, 7) is 0. The zero-order chi connectivity index (χ0) is 2.00. The van der Waals surface area contributed by atoms with Crippen LogP contribution in [0.3, 0.4) is 0 Å². The highest BCUT2D eigenvalue weighted by molar-refractivity contribution is 2.13. The summed E-state index contributed by atoms with van der Waals surface area (Å²) < 4.78 is 0. The Balaban J connectivity index is -0.00000000500. The van der Waals surface area contributed by atoms with Crippen LogP contribution in [0.4, 0.5) is 0 Å². The topological polar surface area (TPSA) is 77.0 Å². The summed E-state index contributed by atoms with van der Waals surface area (Å²) in [6, 6.07) is 0. The first-order valence-corrected chi connectivity index (χ1v) is 0.200. The fraction of sp³-hybridized carbons (Fsp3) is 0. The van der Waals surface area contributed by atoms with Gasteiger partial charge in [-0.25, -0.2) is 0 Å². The zero-order valence-electron chi connectivity index (χ0n) is 2.27. The third-order valence-corrected chi connectivity index (χ3v) is 0. The first-order chi connectivity index (χ1) is 1.00. The molecule has 0 saturated carbocycles. The van der Waals surface area contributed by atoms with Crippen LogP contribution in [0.1, 0.15) is 0 Å². The molecule has 0 atom stereocenters. The summed E-state index contributed by atoms with van der Waals surface area (Å²) in [5.74, 6) is 0. The minimum Gasteiger partial charge on any atom is -1.00 e. The summed E-state index contributed by atoms with van der Waals surface area (Å²) in [6.07, 6.45) is 0. The summed E-state index contributed by atoms with van der Waals surface area (Å²) in [7, 11) is 0. The normalized spacial score (nSPS) is 1.50. The molecule has 0 aromatic heterocycles. The van der Waals surface area contributed by atoms with Crippen LogP contribution in [0.5, 0.6) is 0 Å². The Kier molecular flexibility index (Phi) is 3950. The maximum Gasteiger partial charge on any atom is -0.255 e. The lowest BCUT2D eigenvalue weighted by atomic mass is 14.0. The van der Waals surface area contributed by atoms with E-state index in [2.05, 4.69) is 0 Å². The molecule has 0 fully saturated rings. The molecule has 6 N–H and O–H groups in total. The smallest absolute Gasteiger partial charge is 0.255 e. The second kappa shape index (κ2) is 517. The van der Waals surface area contributed by atoms with Crippen LogP contribution in [-0.4, -0.2) is 10.5 Å². The Morgan fingerprint density at radius 2 is 1.00 bits per heavy atom. The zero-order valence-corrected chi connectivity index (χ0v) is 3.03. The molecule has 3 nitrogen and oxygen atoms in total. The van der Waals surface area contributed by atoms with Crippen molar-refractivity contribution in [1.29, 1.82) is 0 Å². The van der Waals surface area contributed by atoms with Crippen LogP contribution in [0, 0.1) is 0 Å². The van der Waals surface area contributed by atoms with E-state index in [0.29, 0.717) is 0 Å². The molecule has 30 valence electrons. The minimum absolute atomic E-state index is 0. The Morgan fingerprint density at radius 3 is 1.00 bits per heavy atom. The van der Waals surface area contributed by atoms with Gasteiger partial charge in [-0.2, -0.15) is 0 Å². The molecule has 0 unspecified atom stereocenters. The molecule has 0 saturated heterocycles. The van der Waals surface area contributed by atoms with Crippen molar-refractivity contribution < 1.29 is 22.9 Å². The molecule has 0 aromatic rings. The number of hydrogen-bond acceptors (Lipinski definition) is 2. The van der Waals surface area contributed by atoms with Crippen molar-refractivity contribution in [2.45, 2.75) is 0 Å². The molecule has 0 aliphatic carbocycles. The van der Waals surface area contributed by atoms with Gasteiger partial charge in [0, 0.05) is 0 Å². The van der Waals surface area contributed by atoms with E-state index in [-0.39, 0.29) is 18.6 Å². The predicted molar refractivity (Wildman–Crippen MR) is 11.2 cm³/mol. The molecule has 0 aliphatic heterocycles.